The fourth-order valence-corrected chi connectivity index (χ4v) is 3.33. The molecule has 0 aromatic carbocycles. The number of ether oxygens (including phenoxy) is 1. The summed E-state index contributed by atoms with van der Waals surface area (Å²) < 4.78 is 18.8. The molecule has 0 saturated carbocycles. The van der Waals surface area contributed by atoms with Crippen molar-refractivity contribution in [3.8, 4) is 0 Å². The SMILES string of the molecule is C=CCNc1nc(N)nc2c1ncn2CCOCP(=O)(O)N[C@@H](C)C(=O)O. The minimum Gasteiger partial charge on any atom is -0.480 e. The predicted octanol–water partition coefficient (Wildman–Crippen LogP) is 0.229. The van der Waals surface area contributed by atoms with Crippen molar-refractivity contribution in [3.05, 3.63) is 19.0 Å². The minimum absolute atomic E-state index is 0.0726. The van der Waals surface area contributed by atoms with Crippen molar-refractivity contribution in [2.45, 2.75) is 19.5 Å². The van der Waals surface area contributed by atoms with Gasteiger partial charge < -0.3 is 30.4 Å². The van der Waals surface area contributed by atoms with Gasteiger partial charge in [0.05, 0.1) is 12.9 Å². The van der Waals surface area contributed by atoms with E-state index in [1.807, 2.05) is 0 Å². The topological polar surface area (TPSA) is 178 Å². The van der Waals surface area contributed by atoms with Crippen LogP contribution in [-0.4, -0.2) is 61.0 Å². The van der Waals surface area contributed by atoms with Crippen LogP contribution >= 0.6 is 7.52 Å². The molecule has 2 rings (SSSR count). The van der Waals surface area contributed by atoms with Crippen LogP contribution < -0.4 is 16.1 Å². The average Bonchev–Trinajstić information content (AvgIpc) is 2.99. The number of nitrogens with two attached hydrogens (primary N) is 1. The van der Waals surface area contributed by atoms with Crippen molar-refractivity contribution in [2.24, 2.45) is 0 Å². The van der Waals surface area contributed by atoms with E-state index in [1.54, 1.807) is 10.6 Å². The van der Waals surface area contributed by atoms with Gasteiger partial charge in [-0.15, -0.1) is 6.58 Å². The standard InChI is InChI=1S/C14H22N7O5P/c1-3-4-16-11-10-12(19-14(15)18-11)21(7-17-10)5-6-26-8-27(24,25)20-9(2)13(22)23/h3,7,9H,1,4-6,8H2,2H3,(H,22,23)(H2,20,24,25)(H3,15,16,18,19)/t9-/m0/s1. The maximum atomic E-state index is 11.9. The number of rotatable bonds is 11. The van der Waals surface area contributed by atoms with E-state index in [0.29, 0.717) is 30.1 Å². The van der Waals surface area contributed by atoms with E-state index in [9.17, 15) is 14.3 Å². The number of nitrogens with one attached hydrogen (secondary N) is 2. The number of aromatic nitrogens is 4. The Morgan fingerprint density at radius 2 is 2.30 bits per heavy atom. The van der Waals surface area contributed by atoms with Crippen molar-refractivity contribution in [1.29, 1.82) is 0 Å². The lowest BCUT2D eigenvalue weighted by Crippen LogP contribution is -2.32. The van der Waals surface area contributed by atoms with Crippen LogP contribution in [0.3, 0.4) is 0 Å². The van der Waals surface area contributed by atoms with E-state index in [0.717, 1.165) is 0 Å². The van der Waals surface area contributed by atoms with Crippen molar-refractivity contribution in [3.63, 3.8) is 0 Å². The van der Waals surface area contributed by atoms with Crippen LogP contribution in [0.25, 0.3) is 11.2 Å². The van der Waals surface area contributed by atoms with E-state index >= 15 is 0 Å². The van der Waals surface area contributed by atoms with E-state index in [-0.39, 0.29) is 12.6 Å². The lowest BCUT2D eigenvalue weighted by molar-refractivity contribution is -0.138. The Morgan fingerprint density at radius 1 is 1.56 bits per heavy atom. The zero-order valence-corrected chi connectivity index (χ0v) is 15.6. The number of nitrogens with zero attached hydrogens (tertiary/aromatic N) is 4. The van der Waals surface area contributed by atoms with Gasteiger partial charge >= 0.3 is 5.97 Å². The zero-order chi connectivity index (χ0) is 20.0. The summed E-state index contributed by atoms with van der Waals surface area (Å²) in [5, 5.41) is 13.9. The summed E-state index contributed by atoms with van der Waals surface area (Å²) in [4.78, 5) is 32.9. The number of anilines is 2. The van der Waals surface area contributed by atoms with E-state index in [1.165, 1.54) is 13.3 Å². The lowest BCUT2D eigenvalue weighted by Gasteiger charge is -2.16. The quantitative estimate of drug-likeness (QED) is 0.198. The average molecular weight is 399 g/mol. The number of carboxylic acids is 1. The number of aliphatic carboxylic acids is 1. The Labute approximate surface area is 155 Å². The molecule has 0 bridgehead atoms. The number of carboxylic acid groups (broad SMARTS) is 1. The molecule has 0 amide bonds. The molecular weight excluding hydrogens is 377 g/mol. The second-order valence-corrected chi connectivity index (χ2v) is 7.56. The molecule has 0 saturated heterocycles. The molecule has 0 aliphatic carbocycles. The number of nitrogen functional groups attached to an aromatic ring is 1. The highest BCUT2D eigenvalue weighted by atomic mass is 31.2. The van der Waals surface area contributed by atoms with Gasteiger partial charge in [-0.2, -0.15) is 9.97 Å². The van der Waals surface area contributed by atoms with Crippen molar-refractivity contribution < 1.29 is 24.1 Å². The van der Waals surface area contributed by atoms with Gasteiger partial charge in [0.15, 0.2) is 17.0 Å². The van der Waals surface area contributed by atoms with Crippen LogP contribution in [0.2, 0.25) is 0 Å². The van der Waals surface area contributed by atoms with Gasteiger partial charge in [-0.05, 0) is 6.92 Å². The molecule has 148 valence electrons. The summed E-state index contributed by atoms with van der Waals surface area (Å²) in [5.41, 5.74) is 6.73. The summed E-state index contributed by atoms with van der Waals surface area (Å²) in [5.74, 6) is -0.681. The number of hydrogen-bond acceptors (Lipinski definition) is 8. The molecule has 0 aliphatic rings. The van der Waals surface area contributed by atoms with Crippen LogP contribution in [0.1, 0.15) is 6.92 Å². The zero-order valence-electron chi connectivity index (χ0n) is 14.7. The second kappa shape index (κ2) is 8.91. The van der Waals surface area contributed by atoms with Crippen LogP contribution in [0.4, 0.5) is 11.8 Å². The summed E-state index contributed by atoms with van der Waals surface area (Å²) in [6.45, 7) is 5.75. The van der Waals surface area contributed by atoms with Crippen molar-refractivity contribution in [2.75, 3.05) is 30.6 Å². The van der Waals surface area contributed by atoms with Crippen LogP contribution in [-0.2, 0) is 20.6 Å². The van der Waals surface area contributed by atoms with Crippen molar-refractivity contribution >= 4 is 36.4 Å². The molecule has 2 heterocycles. The van der Waals surface area contributed by atoms with Gasteiger partial charge in [-0.1, -0.05) is 6.08 Å². The fraction of sp³-hybridized carbons (Fsp3) is 0.429. The highest BCUT2D eigenvalue weighted by Gasteiger charge is 2.24. The third kappa shape index (κ3) is 5.73. The van der Waals surface area contributed by atoms with E-state index in [4.69, 9.17) is 15.6 Å². The first-order chi connectivity index (χ1) is 12.7. The first-order valence-corrected chi connectivity index (χ1v) is 9.81. The highest BCUT2D eigenvalue weighted by Crippen LogP contribution is 2.35. The number of imidazole rings is 1. The Balaban J connectivity index is 1.97. The third-order valence-corrected chi connectivity index (χ3v) is 4.73. The second-order valence-electron chi connectivity index (χ2n) is 5.64. The van der Waals surface area contributed by atoms with Gasteiger partial charge in [-0.25, -0.2) is 10.1 Å². The summed E-state index contributed by atoms with van der Waals surface area (Å²) in [6, 6.07) is -1.16. The Kier molecular flexibility index (Phi) is 6.86. The van der Waals surface area contributed by atoms with Gasteiger partial charge in [0.1, 0.15) is 12.4 Å². The third-order valence-electron chi connectivity index (χ3n) is 3.40. The van der Waals surface area contributed by atoms with Crippen LogP contribution in [0.15, 0.2) is 19.0 Å². The van der Waals surface area contributed by atoms with E-state index < -0.39 is 25.9 Å². The molecule has 0 aliphatic heterocycles. The first-order valence-electron chi connectivity index (χ1n) is 7.97. The lowest BCUT2D eigenvalue weighted by atomic mass is 10.4. The predicted molar refractivity (Wildman–Crippen MR) is 99.3 cm³/mol. The molecule has 27 heavy (non-hydrogen) atoms. The maximum Gasteiger partial charge on any atom is 0.320 e. The minimum atomic E-state index is -3.93. The number of hydrogen-bond donors (Lipinski definition) is 5. The van der Waals surface area contributed by atoms with Gasteiger partial charge in [0.2, 0.25) is 5.95 Å². The molecule has 2 aromatic heterocycles. The summed E-state index contributed by atoms with van der Waals surface area (Å²) in [6.07, 6.45) is 2.67. The monoisotopic (exact) mass is 399 g/mol. The maximum absolute atomic E-state index is 11.9. The Bertz CT molecular complexity index is 871. The number of fused-ring (bicyclic) bond motifs is 1. The summed E-state index contributed by atoms with van der Waals surface area (Å²) in [7, 11) is -3.93. The Morgan fingerprint density at radius 3 is 2.96 bits per heavy atom. The molecule has 1 unspecified atom stereocenters. The fourth-order valence-electron chi connectivity index (χ4n) is 2.16. The highest BCUT2D eigenvalue weighted by molar-refractivity contribution is 7.55. The summed E-state index contributed by atoms with van der Waals surface area (Å²) >= 11 is 0. The van der Waals surface area contributed by atoms with Gasteiger partial charge in [-0.3, -0.25) is 9.36 Å². The van der Waals surface area contributed by atoms with Gasteiger partial charge in [0.25, 0.3) is 7.52 Å². The smallest absolute Gasteiger partial charge is 0.320 e. The molecule has 2 aromatic rings. The molecule has 0 fully saturated rings. The molecule has 6 N–H and O–H groups in total. The largest absolute Gasteiger partial charge is 0.480 e. The Hall–Kier alpha value is -2.53. The molecular formula is C14H22N7O5P. The normalized spacial score (nSPS) is 14.6. The first kappa shape index (κ1) is 20.8. The van der Waals surface area contributed by atoms with Crippen molar-refractivity contribution in [1.82, 2.24) is 24.6 Å². The van der Waals surface area contributed by atoms with Gasteiger partial charge in [0, 0.05) is 13.1 Å². The number of carbonyl (C=O) groups is 1. The molecule has 13 heteroatoms. The molecule has 12 nitrogen and oxygen atoms in total. The molecule has 0 radical (unpaired) electrons. The van der Waals surface area contributed by atoms with Crippen LogP contribution in [0, 0.1) is 0 Å². The molecule has 2 atom stereocenters. The molecule has 0 spiro atoms. The van der Waals surface area contributed by atoms with E-state index in [2.05, 4.69) is 31.9 Å². The van der Waals surface area contributed by atoms with Crippen LogP contribution in [0.5, 0.6) is 0 Å².